The predicted molar refractivity (Wildman–Crippen MR) is 107 cm³/mol. The first kappa shape index (κ1) is 18.5. The Labute approximate surface area is 165 Å². The molecule has 120 valence electrons. The van der Waals surface area contributed by atoms with Crippen LogP contribution in [0.3, 0.4) is 0 Å². The monoisotopic (exact) mass is 495 g/mol. The minimum Gasteiger partial charge on any atom is -0.506 e. The lowest BCUT2D eigenvalue weighted by atomic mass is 10.2. The molecule has 3 N–H and O–H groups in total. The third-order valence-corrected chi connectivity index (χ3v) is 4.55. The molecule has 0 saturated heterocycles. The second-order valence-corrected chi connectivity index (χ2v) is 7.24. The maximum Gasteiger partial charge on any atom is 0.191 e. The van der Waals surface area contributed by atoms with Gasteiger partial charge in [-0.1, -0.05) is 23.2 Å². The van der Waals surface area contributed by atoms with Crippen molar-refractivity contribution in [3.63, 3.8) is 0 Å². The molecule has 0 spiro atoms. The van der Waals surface area contributed by atoms with Crippen molar-refractivity contribution in [3.05, 3.63) is 54.9 Å². The Morgan fingerprint density at radius 1 is 1.17 bits per heavy atom. The summed E-state index contributed by atoms with van der Waals surface area (Å²) in [4.78, 5) is 0. The number of phenols is 1. The molecule has 23 heavy (non-hydrogen) atoms. The zero-order valence-corrected chi connectivity index (χ0v) is 16.8. The second-order valence-electron chi connectivity index (χ2n) is 4.28. The maximum atomic E-state index is 9.65. The van der Waals surface area contributed by atoms with Crippen LogP contribution in [0, 0.1) is 0 Å². The van der Waals surface area contributed by atoms with E-state index in [1.807, 2.05) is 0 Å². The molecule has 0 aliphatic carbocycles. The molecule has 0 aromatic heterocycles. The molecule has 2 rings (SSSR count). The van der Waals surface area contributed by atoms with Gasteiger partial charge in [-0.2, -0.15) is 5.10 Å². The van der Waals surface area contributed by atoms with Gasteiger partial charge in [-0.05, 0) is 80.0 Å². The van der Waals surface area contributed by atoms with Crippen molar-refractivity contribution >= 4 is 84.3 Å². The molecule has 2 aromatic carbocycles. The van der Waals surface area contributed by atoms with Gasteiger partial charge in [-0.25, -0.2) is 0 Å². The van der Waals surface area contributed by atoms with E-state index in [1.54, 1.807) is 36.5 Å². The van der Waals surface area contributed by atoms with Gasteiger partial charge in [0.25, 0.3) is 0 Å². The molecule has 9 heteroatoms. The van der Waals surface area contributed by atoms with E-state index in [0.717, 1.165) is 5.56 Å². The summed E-state index contributed by atoms with van der Waals surface area (Å²) < 4.78 is 1.11. The van der Waals surface area contributed by atoms with Gasteiger partial charge in [0, 0.05) is 5.02 Å². The van der Waals surface area contributed by atoms with Gasteiger partial charge in [0.05, 0.1) is 25.9 Å². The Morgan fingerprint density at radius 2 is 1.83 bits per heavy atom. The van der Waals surface area contributed by atoms with Crippen LogP contribution in [0.1, 0.15) is 5.56 Å². The number of nitrogens with one attached hydrogen (secondary N) is 2. The van der Waals surface area contributed by atoms with Crippen molar-refractivity contribution in [2.75, 3.05) is 5.32 Å². The van der Waals surface area contributed by atoms with Gasteiger partial charge in [-0.3, -0.25) is 5.43 Å². The largest absolute Gasteiger partial charge is 0.506 e. The first-order chi connectivity index (χ1) is 10.9. The number of rotatable bonds is 3. The number of phenolic OH excluding ortho intramolecular Hbond substituents is 1. The quantitative estimate of drug-likeness (QED) is 0.296. The van der Waals surface area contributed by atoms with Crippen molar-refractivity contribution in [2.24, 2.45) is 5.10 Å². The molecule has 0 fully saturated rings. The highest BCUT2D eigenvalue weighted by Gasteiger charge is 2.05. The van der Waals surface area contributed by atoms with Crippen LogP contribution >= 0.6 is 67.3 Å². The smallest absolute Gasteiger partial charge is 0.191 e. The zero-order valence-electron chi connectivity index (χ0n) is 11.3. The fraction of sp³-hybridized carbons (Fsp3) is 0. The van der Waals surface area contributed by atoms with E-state index in [9.17, 15) is 5.11 Å². The summed E-state index contributed by atoms with van der Waals surface area (Å²) >= 11 is 23.5. The predicted octanol–water partition coefficient (Wildman–Crippen LogP) is 5.54. The molecule has 0 saturated carbocycles. The Balaban J connectivity index is 1.99. The van der Waals surface area contributed by atoms with Gasteiger partial charge in [-0.15, -0.1) is 0 Å². The van der Waals surface area contributed by atoms with Crippen LogP contribution in [0.5, 0.6) is 5.75 Å². The molecule has 0 aliphatic heterocycles. The normalized spacial score (nSPS) is 10.8. The molecule has 2 aromatic rings. The molecular weight excluding hydrogens is 489 g/mol. The average molecular weight is 498 g/mol. The van der Waals surface area contributed by atoms with E-state index in [2.05, 4.69) is 47.7 Å². The average Bonchev–Trinajstić information content (AvgIpc) is 2.47. The first-order valence-electron chi connectivity index (χ1n) is 6.10. The number of hydrogen-bond acceptors (Lipinski definition) is 3. The van der Waals surface area contributed by atoms with Crippen LogP contribution in [0.15, 0.2) is 44.4 Å². The fourth-order valence-electron chi connectivity index (χ4n) is 1.57. The molecule has 4 nitrogen and oxygen atoms in total. The summed E-state index contributed by atoms with van der Waals surface area (Å²) in [5.41, 5.74) is 4.07. The van der Waals surface area contributed by atoms with Crippen LogP contribution in [-0.2, 0) is 0 Å². The number of nitrogens with zero attached hydrogens (tertiary/aromatic N) is 1. The van der Waals surface area contributed by atoms with Crippen molar-refractivity contribution in [3.8, 4) is 5.75 Å². The zero-order chi connectivity index (χ0) is 17.0. The van der Waals surface area contributed by atoms with Crippen LogP contribution in [0.25, 0.3) is 0 Å². The molecule has 0 aliphatic rings. The van der Waals surface area contributed by atoms with Crippen LogP contribution < -0.4 is 10.7 Å². The molecule has 0 heterocycles. The van der Waals surface area contributed by atoms with Gasteiger partial charge in [0.2, 0.25) is 0 Å². The van der Waals surface area contributed by atoms with E-state index < -0.39 is 0 Å². The minimum absolute atomic E-state index is 0.129. The summed E-state index contributed by atoms with van der Waals surface area (Å²) in [6.07, 6.45) is 1.56. The van der Waals surface area contributed by atoms with Crippen molar-refractivity contribution in [2.45, 2.75) is 0 Å². The Morgan fingerprint density at radius 3 is 2.43 bits per heavy atom. The Hall–Kier alpha value is -0.860. The highest BCUT2D eigenvalue weighted by atomic mass is 79.9. The molecular formula is C14H9Br2Cl2N3OS. The summed E-state index contributed by atoms with van der Waals surface area (Å²) in [5.74, 6) is 0.129. The van der Waals surface area contributed by atoms with Gasteiger partial charge in [0.15, 0.2) is 5.11 Å². The topological polar surface area (TPSA) is 56.7 Å². The number of thiocarbonyl (C=S) groups is 1. The lowest BCUT2D eigenvalue weighted by Crippen LogP contribution is -2.24. The van der Waals surface area contributed by atoms with Crippen LogP contribution in [0.4, 0.5) is 5.69 Å². The molecule has 0 bridgehead atoms. The Bertz CT molecular complexity index is 764. The number of hydrazone groups is 1. The number of anilines is 1. The van der Waals surface area contributed by atoms with Crippen LogP contribution in [-0.4, -0.2) is 16.4 Å². The SMILES string of the molecule is Oc1c(Br)cc(/C=N/NC(=S)Nc2ccc(Cl)cc2Cl)cc1Br. The van der Waals surface area contributed by atoms with Crippen molar-refractivity contribution < 1.29 is 5.11 Å². The van der Waals surface area contributed by atoms with E-state index in [1.165, 1.54) is 0 Å². The molecule has 0 radical (unpaired) electrons. The first-order valence-corrected chi connectivity index (χ1v) is 8.85. The van der Waals surface area contributed by atoms with Gasteiger partial charge >= 0.3 is 0 Å². The van der Waals surface area contributed by atoms with Crippen LogP contribution in [0.2, 0.25) is 10.0 Å². The third kappa shape index (κ3) is 5.32. The summed E-state index contributed by atoms with van der Waals surface area (Å²) in [7, 11) is 0. The Kier molecular flexibility index (Phi) is 6.67. The van der Waals surface area contributed by atoms with E-state index >= 15 is 0 Å². The van der Waals surface area contributed by atoms with E-state index in [4.69, 9.17) is 35.4 Å². The molecule has 0 amide bonds. The summed E-state index contributed by atoms with van der Waals surface area (Å²) in [6.45, 7) is 0. The van der Waals surface area contributed by atoms with E-state index in [0.29, 0.717) is 24.7 Å². The lowest BCUT2D eigenvalue weighted by Gasteiger charge is -2.09. The summed E-state index contributed by atoms with van der Waals surface area (Å²) in [6, 6.07) is 8.47. The lowest BCUT2D eigenvalue weighted by molar-refractivity contribution is 0.468. The highest BCUT2D eigenvalue weighted by molar-refractivity contribution is 9.11. The van der Waals surface area contributed by atoms with Gasteiger partial charge < -0.3 is 10.4 Å². The number of halogens is 4. The van der Waals surface area contributed by atoms with Crippen molar-refractivity contribution in [1.82, 2.24) is 5.43 Å². The molecule has 0 atom stereocenters. The maximum absolute atomic E-state index is 9.65. The minimum atomic E-state index is 0.129. The van der Waals surface area contributed by atoms with Crippen molar-refractivity contribution in [1.29, 1.82) is 0 Å². The summed E-state index contributed by atoms with van der Waals surface area (Å²) in [5, 5.41) is 17.9. The highest BCUT2D eigenvalue weighted by Crippen LogP contribution is 2.32. The fourth-order valence-corrected chi connectivity index (χ4v) is 3.41. The molecule has 0 unspecified atom stereocenters. The van der Waals surface area contributed by atoms with E-state index in [-0.39, 0.29) is 10.9 Å². The number of benzene rings is 2. The number of aromatic hydroxyl groups is 1. The van der Waals surface area contributed by atoms with Gasteiger partial charge in [0.1, 0.15) is 5.75 Å². The standard InChI is InChI=1S/C14H9Br2Cl2N3OS/c15-9-3-7(4-10(16)13(9)22)6-19-21-14(23)20-12-2-1-8(17)5-11(12)18/h1-6,22H,(H2,20,21,23)/b19-6+. The number of hydrogen-bond donors (Lipinski definition) is 3. The second kappa shape index (κ2) is 8.30. The third-order valence-electron chi connectivity index (χ3n) is 2.60.